The SMILES string of the molecule is CCCCC(CC)CC1(C(=O)O)CC=C(C)CC1(CC(CC)CCCC)C(=O)O. The van der Waals surface area contributed by atoms with Crippen LogP contribution in [-0.4, -0.2) is 22.2 Å². The van der Waals surface area contributed by atoms with Crippen molar-refractivity contribution in [1.29, 1.82) is 0 Å². The van der Waals surface area contributed by atoms with E-state index in [0.717, 1.165) is 56.9 Å². The minimum absolute atomic E-state index is 0.256. The summed E-state index contributed by atoms with van der Waals surface area (Å²) in [6, 6.07) is 0. The first-order valence-corrected chi connectivity index (χ1v) is 11.8. The van der Waals surface area contributed by atoms with Gasteiger partial charge in [-0.2, -0.15) is 0 Å². The van der Waals surface area contributed by atoms with Crippen molar-refractivity contribution in [3.63, 3.8) is 0 Å². The van der Waals surface area contributed by atoms with E-state index in [2.05, 4.69) is 27.7 Å². The molecule has 0 aromatic carbocycles. The van der Waals surface area contributed by atoms with Crippen molar-refractivity contribution in [2.24, 2.45) is 22.7 Å². The molecule has 0 aromatic heterocycles. The van der Waals surface area contributed by atoms with Gasteiger partial charge in [0, 0.05) is 0 Å². The Bertz CT molecular complexity index is 567. The number of hydrogen-bond acceptors (Lipinski definition) is 2. The summed E-state index contributed by atoms with van der Waals surface area (Å²) in [7, 11) is 0. The summed E-state index contributed by atoms with van der Waals surface area (Å²) in [5, 5.41) is 21.0. The lowest BCUT2D eigenvalue weighted by Crippen LogP contribution is -2.55. The summed E-state index contributed by atoms with van der Waals surface area (Å²) < 4.78 is 0. The molecule has 1 rings (SSSR count). The van der Waals surface area contributed by atoms with Crippen molar-refractivity contribution < 1.29 is 19.8 Å². The van der Waals surface area contributed by atoms with E-state index in [4.69, 9.17) is 0 Å². The first-order chi connectivity index (χ1) is 13.7. The van der Waals surface area contributed by atoms with Gasteiger partial charge in [-0.25, -0.2) is 0 Å². The summed E-state index contributed by atoms with van der Waals surface area (Å²) in [6.07, 6.45) is 11.7. The van der Waals surface area contributed by atoms with Crippen LogP contribution < -0.4 is 0 Å². The van der Waals surface area contributed by atoms with Gasteiger partial charge in [-0.3, -0.25) is 9.59 Å². The van der Waals surface area contributed by atoms with Crippen LogP contribution in [-0.2, 0) is 9.59 Å². The molecule has 4 atom stereocenters. The molecule has 4 nitrogen and oxygen atoms in total. The first kappa shape index (κ1) is 25.7. The van der Waals surface area contributed by atoms with Crippen molar-refractivity contribution in [3.05, 3.63) is 11.6 Å². The Labute approximate surface area is 178 Å². The fourth-order valence-corrected chi connectivity index (χ4v) is 5.43. The third-order valence-electron chi connectivity index (χ3n) is 7.48. The Balaban J connectivity index is 3.45. The van der Waals surface area contributed by atoms with Gasteiger partial charge in [0.25, 0.3) is 0 Å². The summed E-state index contributed by atoms with van der Waals surface area (Å²) in [5.41, 5.74) is -1.41. The van der Waals surface area contributed by atoms with Crippen LogP contribution in [0.15, 0.2) is 11.6 Å². The topological polar surface area (TPSA) is 74.6 Å². The van der Waals surface area contributed by atoms with Gasteiger partial charge in [-0.05, 0) is 44.4 Å². The summed E-state index contributed by atoms with van der Waals surface area (Å²) >= 11 is 0. The maximum Gasteiger partial charge on any atom is 0.311 e. The van der Waals surface area contributed by atoms with E-state index in [0.29, 0.717) is 25.7 Å². The zero-order valence-electron chi connectivity index (χ0n) is 19.4. The van der Waals surface area contributed by atoms with Gasteiger partial charge in [0.05, 0.1) is 10.8 Å². The molecule has 29 heavy (non-hydrogen) atoms. The largest absolute Gasteiger partial charge is 0.481 e. The van der Waals surface area contributed by atoms with Gasteiger partial charge in [0.2, 0.25) is 0 Å². The van der Waals surface area contributed by atoms with E-state index in [1.54, 1.807) is 0 Å². The maximum atomic E-state index is 12.9. The third kappa shape index (κ3) is 5.86. The zero-order valence-corrected chi connectivity index (χ0v) is 19.4. The molecule has 0 aliphatic heterocycles. The average molecular weight is 409 g/mol. The highest BCUT2D eigenvalue weighted by atomic mass is 16.4. The molecule has 1 aliphatic carbocycles. The van der Waals surface area contributed by atoms with Gasteiger partial charge in [-0.15, -0.1) is 0 Å². The zero-order chi connectivity index (χ0) is 22.1. The standard InChI is InChI=1S/C25H44O4/c1-6-10-12-20(8-3)17-24(22(26)27)15-14-19(5)16-25(24,23(28)29)18-21(9-4)13-11-7-2/h14,20-21H,6-13,15-18H2,1-5H3,(H,26,27)(H,28,29). The smallest absolute Gasteiger partial charge is 0.311 e. The minimum atomic E-state index is -1.22. The van der Waals surface area contributed by atoms with Crippen LogP contribution in [0.3, 0.4) is 0 Å². The lowest BCUT2D eigenvalue weighted by molar-refractivity contribution is -0.180. The van der Waals surface area contributed by atoms with Crippen LogP contribution in [0.2, 0.25) is 0 Å². The lowest BCUT2D eigenvalue weighted by Gasteiger charge is -2.50. The molecule has 0 saturated heterocycles. The van der Waals surface area contributed by atoms with Crippen LogP contribution in [0.5, 0.6) is 0 Å². The number of aliphatic carboxylic acids is 2. The number of carboxylic acids is 2. The van der Waals surface area contributed by atoms with Gasteiger partial charge in [-0.1, -0.05) is 90.7 Å². The van der Waals surface area contributed by atoms with E-state index >= 15 is 0 Å². The predicted octanol–water partition coefficient (Wildman–Crippen LogP) is 7.08. The van der Waals surface area contributed by atoms with E-state index in [1.165, 1.54) is 0 Å². The maximum absolute atomic E-state index is 12.9. The van der Waals surface area contributed by atoms with Crippen LogP contribution >= 0.6 is 0 Å². The van der Waals surface area contributed by atoms with Crippen molar-refractivity contribution in [2.75, 3.05) is 0 Å². The second kappa shape index (κ2) is 11.8. The number of allylic oxidation sites excluding steroid dienone is 2. The Morgan fingerprint density at radius 3 is 1.72 bits per heavy atom. The van der Waals surface area contributed by atoms with E-state index in [-0.39, 0.29) is 11.8 Å². The Kier molecular flexibility index (Phi) is 10.4. The van der Waals surface area contributed by atoms with Crippen molar-refractivity contribution in [3.8, 4) is 0 Å². The molecule has 168 valence electrons. The normalized spacial score (nSPS) is 26.6. The van der Waals surface area contributed by atoms with Crippen molar-refractivity contribution >= 4 is 11.9 Å². The van der Waals surface area contributed by atoms with E-state index in [1.807, 2.05) is 13.0 Å². The number of carbonyl (C=O) groups is 2. The Morgan fingerprint density at radius 1 is 0.897 bits per heavy atom. The lowest BCUT2D eigenvalue weighted by atomic mass is 9.50. The highest BCUT2D eigenvalue weighted by molar-refractivity contribution is 5.87. The Morgan fingerprint density at radius 2 is 1.34 bits per heavy atom. The molecule has 2 N–H and O–H groups in total. The second-order valence-electron chi connectivity index (χ2n) is 9.45. The summed E-state index contributed by atoms with van der Waals surface area (Å²) in [5.74, 6) is -1.31. The van der Waals surface area contributed by atoms with Gasteiger partial charge >= 0.3 is 11.9 Å². The van der Waals surface area contributed by atoms with Crippen molar-refractivity contribution in [2.45, 2.75) is 112 Å². The van der Waals surface area contributed by atoms with Crippen LogP contribution in [0.25, 0.3) is 0 Å². The quantitative estimate of drug-likeness (QED) is 0.301. The summed E-state index contributed by atoms with van der Waals surface area (Å²) in [6.45, 7) is 10.5. The molecule has 0 radical (unpaired) electrons. The molecule has 0 amide bonds. The number of unbranched alkanes of at least 4 members (excludes halogenated alkanes) is 2. The highest BCUT2D eigenvalue weighted by Gasteiger charge is 2.62. The van der Waals surface area contributed by atoms with Crippen LogP contribution in [0, 0.1) is 22.7 Å². The molecule has 0 fully saturated rings. The van der Waals surface area contributed by atoms with Crippen molar-refractivity contribution in [1.82, 2.24) is 0 Å². The van der Waals surface area contributed by atoms with Gasteiger partial charge in [0.1, 0.15) is 0 Å². The first-order valence-electron chi connectivity index (χ1n) is 11.8. The fourth-order valence-electron chi connectivity index (χ4n) is 5.43. The molecule has 4 unspecified atom stereocenters. The molecular formula is C25H44O4. The molecule has 0 heterocycles. The fraction of sp³-hybridized carbons (Fsp3) is 0.840. The molecule has 0 spiro atoms. The van der Waals surface area contributed by atoms with Crippen LogP contribution in [0.1, 0.15) is 112 Å². The average Bonchev–Trinajstić information content (AvgIpc) is 2.69. The van der Waals surface area contributed by atoms with E-state index in [9.17, 15) is 19.8 Å². The third-order valence-corrected chi connectivity index (χ3v) is 7.48. The highest BCUT2D eigenvalue weighted by Crippen LogP contribution is 2.58. The number of carboxylic acid groups (broad SMARTS) is 2. The molecule has 0 saturated carbocycles. The Hall–Kier alpha value is -1.32. The molecular weight excluding hydrogens is 364 g/mol. The number of rotatable bonds is 14. The number of hydrogen-bond donors (Lipinski definition) is 2. The summed E-state index contributed by atoms with van der Waals surface area (Å²) in [4.78, 5) is 25.7. The van der Waals surface area contributed by atoms with Crippen LogP contribution in [0.4, 0.5) is 0 Å². The molecule has 0 aromatic rings. The predicted molar refractivity (Wildman–Crippen MR) is 119 cm³/mol. The van der Waals surface area contributed by atoms with E-state index < -0.39 is 22.8 Å². The minimum Gasteiger partial charge on any atom is -0.481 e. The van der Waals surface area contributed by atoms with Gasteiger partial charge in [0.15, 0.2) is 0 Å². The monoisotopic (exact) mass is 408 g/mol. The van der Waals surface area contributed by atoms with Gasteiger partial charge < -0.3 is 10.2 Å². The second-order valence-corrected chi connectivity index (χ2v) is 9.45. The molecule has 4 heteroatoms. The molecule has 1 aliphatic rings. The molecule has 0 bridgehead atoms.